The zero-order valence-electron chi connectivity index (χ0n) is 6.99. The van der Waals surface area contributed by atoms with E-state index in [1.807, 2.05) is 4.57 Å². The molecule has 1 aliphatic rings. The smallest absolute Gasteiger partial charge is 0.139 e. The molecule has 0 aromatic carbocycles. The highest BCUT2D eigenvalue weighted by molar-refractivity contribution is 5.49. The lowest BCUT2D eigenvalue weighted by Gasteiger charge is -2.11. The van der Waals surface area contributed by atoms with Crippen molar-refractivity contribution in [1.82, 2.24) is 9.55 Å². The fourth-order valence-electron chi connectivity index (χ4n) is 1.77. The van der Waals surface area contributed by atoms with Crippen LogP contribution in [0.15, 0.2) is 6.33 Å². The SMILES string of the molecule is O=CCn1cnc2c1CCCC2. The van der Waals surface area contributed by atoms with Crippen LogP contribution < -0.4 is 0 Å². The highest BCUT2D eigenvalue weighted by Crippen LogP contribution is 2.19. The molecule has 3 nitrogen and oxygen atoms in total. The lowest BCUT2D eigenvalue weighted by atomic mass is 10.0. The van der Waals surface area contributed by atoms with E-state index < -0.39 is 0 Å². The second kappa shape index (κ2) is 3.09. The van der Waals surface area contributed by atoms with Gasteiger partial charge in [0, 0.05) is 5.69 Å². The van der Waals surface area contributed by atoms with Crippen molar-refractivity contribution in [2.45, 2.75) is 32.2 Å². The number of hydrogen-bond donors (Lipinski definition) is 0. The fraction of sp³-hybridized carbons (Fsp3) is 0.556. The lowest BCUT2D eigenvalue weighted by molar-refractivity contribution is -0.108. The van der Waals surface area contributed by atoms with E-state index >= 15 is 0 Å². The topological polar surface area (TPSA) is 34.9 Å². The van der Waals surface area contributed by atoms with Gasteiger partial charge >= 0.3 is 0 Å². The highest BCUT2D eigenvalue weighted by Gasteiger charge is 2.14. The van der Waals surface area contributed by atoms with Gasteiger partial charge in [0.15, 0.2) is 0 Å². The summed E-state index contributed by atoms with van der Waals surface area (Å²) in [5.74, 6) is 0. The molecule has 0 saturated heterocycles. The van der Waals surface area contributed by atoms with Gasteiger partial charge in [0.1, 0.15) is 6.29 Å². The molecule has 0 aliphatic heterocycles. The summed E-state index contributed by atoms with van der Waals surface area (Å²) in [6.07, 6.45) is 7.36. The van der Waals surface area contributed by atoms with Crippen LogP contribution in [0.2, 0.25) is 0 Å². The van der Waals surface area contributed by atoms with Crippen LogP contribution in [-0.2, 0) is 24.2 Å². The molecule has 0 N–H and O–H groups in total. The molecule has 1 aromatic heterocycles. The molecular weight excluding hydrogens is 152 g/mol. The summed E-state index contributed by atoms with van der Waals surface area (Å²) in [7, 11) is 0. The fourth-order valence-corrected chi connectivity index (χ4v) is 1.77. The number of fused-ring (bicyclic) bond motifs is 1. The summed E-state index contributed by atoms with van der Waals surface area (Å²) >= 11 is 0. The first kappa shape index (κ1) is 7.53. The van der Waals surface area contributed by atoms with Crippen molar-refractivity contribution in [3.63, 3.8) is 0 Å². The number of carbonyl (C=O) groups excluding carboxylic acids is 1. The maximum Gasteiger partial charge on any atom is 0.139 e. The van der Waals surface area contributed by atoms with Crippen LogP contribution in [0.3, 0.4) is 0 Å². The number of rotatable bonds is 2. The Bertz CT molecular complexity index is 291. The summed E-state index contributed by atoms with van der Waals surface area (Å²) in [5.41, 5.74) is 2.47. The van der Waals surface area contributed by atoms with E-state index in [1.165, 1.54) is 24.2 Å². The number of nitrogens with zero attached hydrogens (tertiary/aromatic N) is 2. The van der Waals surface area contributed by atoms with Crippen LogP contribution in [0.25, 0.3) is 0 Å². The molecule has 0 amide bonds. The third kappa shape index (κ3) is 1.15. The van der Waals surface area contributed by atoms with Crippen molar-refractivity contribution in [2.75, 3.05) is 0 Å². The Kier molecular flexibility index (Phi) is 1.94. The first-order valence-corrected chi connectivity index (χ1v) is 4.38. The minimum atomic E-state index is 0.461. The quantitative estimate of drug-likeness (QED) is 0.610. The number of aldehydes is 1. The molecule has 0 bridgehead atoms. The monoisotopic (exact) mass is 164 g/mol. The summed E-state index contributed by atoms with van der Waals surface area (Å²) in [5, 5.41) is 0. The summed E-state index contributed by atoms with van der Waals surface area (Å²) in [6, 6.07) is 0. The van der Waals surface area contributed by atoms with Crippen molar-refractivity contribution in [1.29, 1.82) is 0 Å². The van der Waals surface area contributed by atoms with Crippen molar-refractivity contribution in [2.24, 2.45) is 0 Å². The number of hydrogen-bond acceptors (Lipinski definition) is 2. The minimum Gasteiger partial charge on any atom is -0.327 e. The largest absolute Gasteiger partial charge is 0.327 e. The molecule has 0 radical (unpaired) electrons. The second-order valence-corrected chi connectivity index (χ2v) is 3.16. The van der Waals surface area contributed by atoms with E-state index in [0.29, 0.717) is 6.54 Å². The molecule has 3 heteroatoms. The van der Waals surface area contributed by atoms with Gasteiger partial charge in [0.25, 0.3) is 0 Å². The Morgan fingerprint density at radius 1 is 1.50 bits per heavy atom. The van der Waals surface area contributed by atoms with Gasteiger partial charge in [0.2, 0.25) is 0 Å². The number of aromatic nitrogens is 2. The number of carbonyl (C=O) groups is 1. The predicted molar refractivity (Wildman–Crippen MR) is 44.9 cm³/mol. The average molecular weight is 164 g/mol. The first-order chi connectivity index (χ1) is 5.92. The van der Waals surface area contributed by atoms with Crippen molar-refractivity contribution >= 4 is 6.29 Å². The first-order valence-electron chi connectivity index (χ1n) is 4.38. The molecule has 0 spiro atoms. The molecule has 1 aliphatic carbocycles. The van der Waals surface area contributed by atoms with E-state index in [1.54, 1.807) is 6.33 Å². The molecule has 0 fully saturated rings. The Balaban J connectivity index is 2.31. The molecule has 1 aromatic rings. The van der Waals surface area contributed by atoms with Gasteiger partial charge < -0.3 is 9.36 Å². The third-order valence-electron chi connectivity index (χ3n) is 2.38. The third-order valence-corrected chi connectivity index (χ3v) is 2.38. The van der Waals surface area contributed by atoms with Crippen molar-refractivity contribution in [3.05, 3.63) is 17.7 Å². The highest BCUT2D eigenvalue weighted by atomic mass is 16.1. The van der Waals surface area contributed by atoms with Gasteiger partial charge in [-0.3, -0.25) is 0 Å². The molecule has 0 saturated carbocycles. The van der Waals surface area contributed by atoms with E-state index in [9.17, 15) is 4.79 Å². The average Bonchev–Trinajstić information content (AvgIpc) is 2.50. The van der Waals surface area contributed by atoms with Gasteiger partial charge in [-0.25, -0.2) is 4.98 Å². The minimum absolute atomic E-state index is 0.461. The van der Waals surface area contributed by atoms with Crippen LogP contribution in [-0.4, -0.2) is 15.8 Å². The van der Waals surface area contributed by atoms with Gasteiger partial charge in [-0.1, -0.05) is 0 Å². The Hall–Kier alpha value is -1.12. The standard InChI is InChI=1S/C9H12N2O/c12-6-5-11-7-10-8-3-1-2-4-9(8)11/h6-7H,1-5H2. The molecular formula is C9H12N2O. The number of imidazole rings is 1. The zero-order chi connectivity index (χ0) is 8.39. The predicted octanol–water partition coefficient (Wildman–Crippen LogP) is 0.961. The van der Waals surface area contributed by atoms with Crippen LogP contribution in [0.1, 0.15) is 24.2 Å². The van der Waals surface area contributed by atoms with E-state index in [-0.39, 0.29) is 0 Å². The molecule has 0 atom stereocenters. The normalized spacial score (nSPS) is 15.7. The van der Waals surface area contributed by atoms with Gasteiger partial charge in [0.05, 0.1) is 18.6 Å². The lowest BCUT2D eigenvalue weighted by Crippen LogP contribution is -2.08. The molecule has 64 valence electrons. The Morgan fingerprint density at radius 3 is 3.17 bits per heavy atom. The zero-order valence-corrected chi connectivity index (χ0v) is 6.99. The van der Waals surface area contributed by atoms with Crippen molar-refractivity contribution in [3.8, 4) is 0 Å². The van der Waals surface area contributed by atoms with Gasteiger partial charge in [-0.05, 0) is 25.7 Å². The van der Waals surface area contributed by atoms with Crippen LogP contribution >= 0.6 is 0 Å². The molecule has 2 rings (SSSR count). The Morgan fingerprint density at radius 2 is 2.33 bits per heavy atom. The van der Waals surface area contributed by atoms with E-state index in [4.69, 9.17) is 0 Å². The van der Waals surface area contributed by atoms with E-state index in [0.717, 1.165) is 19.1 Å². The summed E-state index contributed by atoms with van der Waals surface area (Å²) < 4.78 is 1.96. The second-order valence-electron chi connectivity index (χ2n) is 3.16. The van der Waals surface area contributed by atoms with Crippen LogP contribution in [0, 0.1) is 0 Å². The van der Waals surface area contributed by atoms with Crippen molar-refractivity contribution < 1.29 is 4.79 Å². The Labute approximate surface area is 71.4 Å². The molecule has 0 unspecified atom stereocenters. The summed E-state index contributed by atoms with van der Waals surface area (Å²) in [6.45, 7) is 0.461. The molecule has 12 heavy (non-hydrogen) atoms. The van der Waals surface area contributed by atoms with Gasteiger partial charge in [-0.15, -0.1) is 0 Å². The number of aryl methyl sites for hydroxylation is 1. The van der Waals surface area contributed by atoms with E-state index in [2.05, 4.69) is 4.98 Å². The maximum atomic E-state index is 10.3. The maximum absolute atomic E-state index is 10.3. The van der Waals surface area contributed by atoms with Gasteiger partial charge in [-0.2, -0.15) is 0 Å². The summed E-state index contributed by atoms with van der Waals surface area (Å²) in [4.78, 5) is 14.6. The van der Waals surface area contributed by atoms with Crippen LogP contribution in [0.5, 0.6) is 0 Å². The van der Waals surface area contributed by atoms with Crippen LogP contribution in [0.4, 0.5) is 0 Å². The molecule has 1 heterocycles.